The van der Waals surface area contributed by atoms with Crippen molar-refractivity contribution in [3.05, 3.63) is 36.0 Å². The molecule has 3 rings (SSSR count). The number of nitrogens with one attached hydrogen (secondary N) is 2. The lowest BCUT2D eigenvalue weighted by molar-refractivity contribution is -0.141. The average molecular weight is 397 g/mol. The number of nitrogens with zero attached hydrogens (tertiary/aromatic N) is 3. The Morgan fingerprint density at radius 2 is 1.86 bits per heavy atom. The van der Waals surface area contributed by atoms with Gasteiger partial charge < -0.3 is 25.4 Å². The lowest BCUT2D eigenvalue weighted by Crippen LogP contribution is -2.36. The number of aliphatic carboxylic acids is 1. The Hall–Kier alpha value is -3.08. The molecule has 3 N–H and O–H groups in total. The second-order valence-corrected chi connectivity index (χ2v) is 5.98. The average Bonchev–Trinajstić information content (AvgIpc) is 2.67. The molecule has 0 radical (unpaired) electrons. The summed E-state index contributed by atoms with van der Waals surface area (Å²) in [6.07, 6.45) is -4.70. The van der Waals surface area contributed by atoms with Gasteiger partial charge in [-0.3, -0.25) is 4.79 Å². The van der Waals surface area contributed by atoms with Gasteiger partial charge in [0.25, 0.3) is 0 Å². The Morgan fingerprint density at radius 3 is 2.46 bits per heavy atom. The van der Waals surface area contributed by atoms with Gasteiger partial charge in [0.15, 0.2) is 5.69 Å². The van der Waals surface area contributed by atoms with Gasteiger partial charge in [0.05, 0.1) is 13.2 Å². The minimum Gasteiger partial charge on any atom is -0.480 e. The van der Waals surface area contributed by atoms with Gasteiger partial charge in [-0.1, -0.05) is 0 Å². The molecule has 1 aromatic heterocycles. The number of anilines is 4. The summed E-state index contributed by atoms with van der Waals surface area (Å²) < 4.78 is 44.5. The molecular weight excluding hydrogens is 379 g/mol. The predicted molar refractivity (Wildman–Crippen MR) is 95.9 cm³/mol. The zero-order valence-corrected chi connectivity index (χ0v) is 14.7. The van der Waals surface area contributed by atoms with Crippen molar-refractivity contribution in [3.63, 3.8) is 0 Å². The summed E-state index contributed by atoms with van der Waals surface area (Å²) in [6.45, 7) is 2.23. The molecule has 1 aliphatic rings. The van der Waals surface area contributed by atoms with Crippen LogP contribution in [0.25, 0.3) is 0 Å². The van der Waals surface area contributed by atoms with E-state index in [4.69, 9.17) is 9.84 Å². The van der Waals surface area contributed by atoms with Gasteiger partial charge in [0.1, 0.15) is 12.4 Å². The first-order chi connectivity index (χ1) is 13.3. The molecule has 11 heteroatoms. The molecule has 150 valence electrons. The molecule has 2 heterocycles. The highest BCUT2D eigenvalue weighted by molar-refractivity contribution is 5.72. The van der Waals surface area contributed by atoms with E-state index in [1.54, 1.807) is 12.1 Å². The van der Waals surface area contributed by atoms with Crippen LogP contribution in [0.1, 0.15) is 5.69 Å². The number of carboxylic acids is 1. The third-order valence-corrected chi connectivity index (χ3v) is 3.93. The largest absolute Gasteiger partial charge is 0.480 e. The highest BCUT2D eigenvalue weighted by atomic mass is 19.4. The minimum absolute atomic E-state index is 0.102. The molecule has 8 nitrogen and oxygen atoms in total. The Kier molecular flexibility index (Phi) is 5.83. The maximum absolute atomic E-state index is 13.1. The molecule has 0 aliphatic carbocycles. The first kappa shape index (κ1) is 19.7. The van der Waals surface area contributed by atoms with Crippen LogP contribution in [0.3, 0.4) is 0 Å². The van der Waals surface area contributed by atoms with Crippen LogP contribution >= 0.6 is 0 Å². The number of ether oxygens (including phenoxy) is 1. The van der Waals surface area contributed by atoms with E-state index in [-0.39, 0.29) is 5.82 Å². The smallest absolute Gasteiger partial charge is 0.433 e. The van der Waals surface area contributed by atoms with Gasteiger partial charge in [-0.15, -0.1) is 0 Å². The summed E-state index contributed by atoms with van der Waals surface area (Å²) in [7, 11) is 0. The number of hydrogen-bond donors (Lipinski definition) is 3. The first-order valence-corrected chi connectivity index (χ1v) is 8.43. The first-order valence-electron chi connectivity index (χ1n) is 8.43. The second-order valence-electron chi connectivity index (χ2n) is 5.98. The summed E-state index contributed by atoms with van der Waals surface area (Å²) in [5.74, 6) is -1.77. The van der Waals surface area contributed by atoms with E-state index in [0.29, 0.717) is 18.9 Å². The van der Waals surface area contributed by atoms with E-state index < -0.39 is 30.3 Å². The maximum Gasteiger partial charge on any atom is 0.433 e. The third-order valence-electron chi connectivity index (χ3n) is 3.93. The molecule has 28 heavy (non-hydrogen) atoms. The van der Waals surface area contributed by atoms with Gasteiger partial charge in [-0.05, 0) is 24.3 Å². The normalized spacial score (nSPS) is 14.6. The van der Waals surface area contributed by atoms with Gasteiger partial charge in [0.2, 0.25) is 5.95 Å². The van der Waals surface area contributed by atoms with Gasteiger partial charge in [-0.2, -0.15) is 18.2 Å². The second kappa shape index (κ2) is 8.30. The highest BCUT2D eigenvalue weighted by Crippen LogP contribution is 2.30. The van der Waals surface area contributed by atoms with Gasteiger partial charge in [-0.25, -0.2) is 4.98 Å². The van der Waals surface area contributed by atoms with E-state index in [1.165, 1.54) is 0 Å². The quantitative estimate of drug-likeness (QED) is 0.684. The fourth-order valence-electron chi connectivity index (χ4n) is 2.62. The number of alkyl halides is 3. The van der Waals surface area contributed by atoms with E-state index in [1.807, 2.05) is 12.1 Å². The van der Waals surface area contributed by atoms with Crippen molar-refractivity contribution in [2.75, 3.05) is 48.4 Å². The topological polar surface area (TPSA) is 99.6 Å². The van der Waals surface area contributed by atoms with Crippen molar-refractivity contribution in [2.24, 2.45) is 0 Å². The van der Waals surface area contributed by atoms with Crippen LogP contribution in [0.15, 0.2) is 30.3 Å². The van der Waals surface area contributed by atoms with Crippen LogP contribution in [-0.2, 0) is 15.7 Å². The fourth-order valence-corrected chi connectivity index (χ4v) is 2.62. The maximum atomic E-state index is 13.1. The molecule has 0 unspecified atom stereocenters. The Labute approximate surface area is 158 Å². The van der Waals surface area contributed by atoms with Crippen LogP contribution in [0.2, 0.25) is 0 Å². The Bertz CT molecular complexity index is 824. The molecule has 1 saturated heterocycles. The van der Waals surface area contributed by atoms with Crippen LogP contribution < -0.4 is 15.5 Å². The highest BCUT2D eigenvalue weighted by Gasteiger charge is 2.33. The zero-order chi connectivity index (χ0) is 20.1. The third kappa shape index (κ3) is 5.22. The van der Waals surface area contributed by atoms with E-state index in [9.17, 15) is 18.0 Å². The molecule has 2 aromatic rings. The van der Waals surface area contributed by atoms with Crippen molar-refractivity contribution >= 4 is 29.1 Å². The molecule has 0 atom stereocenters. The molecule has 0 amide bonds. The van der Waals surface area contributed by atoms with Crippen LogP contribution in [-0.4, -0.2) is 53.9 Å². The summed E-state index contributed by atoms with van der Waals surface area (Å²) >= 11 is 0. The molecule has 1 fully saturated rings. The molecule has 0 bridgehead atoms. The summed E-state index contributed by atoms with van der Waals surface area (Å²) in [5.41, 5.74) is 0.340. The lowest BCUT2D eigenvalue weighted by atomic mass is 10.2. The van der Waals surface area contributed by atoms with Crippen molar-refractivity contribution in [2.45, 2.75) is 6.18 Å². The predicted octanol–water partition coefficient (Wildman–Crippen LogP) is 2.57. The van der Waals surface area contributed by atoms with Crippen molar-refractivity contribution in [1.82, 2.24) is 9.97 Å². The van der Waals surface area contributed by atoms with Crippen molar-refractivity contribution in [1.29, 1.82) is 0 Å². The Balaban J connectivity index is 1.78. The Morgan fingerprint density at radius 1 is 1.18 bits per heavy atom. The number of halogens is 3. The zero-order valence-electron chi connectivity index (χ0n) is 14.7. The number of hydrogen-bond acceptors (Lipinski definition) is 7. The van der Waals surface area contributed by atoms with Crippen LogP contribution in [0.5, 0.6) is 0 Å². The summed E-state index contributed by atoms with van der Waals surface area (Å²) in [4.78, 5) is 20.0. The minimum atomic E-state index is -4.70. The number of carboxylic acid groups (broad SMARTS) is 1. The number of aromatic nitrogens is 2. The van der Waals surface area contributed by atoms with E-state index in [0.717, 1.165) is 24.8 Å². The number of carbonyl (C=O) groups is 1. The fraction of sp³-hybridized carbons (Fsp3) is 0.353. The van der Waals surface area contributed by atoms with Crippen molar-refractivity contribution < 1.29 is 27.8 Å². The molecule has 0 spiro atoms. The summed E-state index contributed by atoms with van der Waals surface area (Å²) in [6, 6.07) is 7.92. The standard InChI is InChI=1S/C17H18F3N5O3/c18-17(19,20)13-9-14(24-16(23-13)21-10-15(26)27)22-11-1-3-12(4-2-11)25-5-7-28-8-6-25/h1-4,9H,5-8,10H2,(H,26,27)(H2,21,22,23,24). The molecular formula is C17H18F3N5O3. The number of rotatable bonds is 6. The monoisotopic (exact) mass is 397 g/mol. The van der Waals surface area contributed by atoms with Gasteiger partial charge >= 0.3 is 12.1 Å². The molecule has 1 aromatic carbocycles. The van der Waals surface area contributed by atoms with Crippen LogP contribution in [0, 0.1) is 0 Å². The van der Waals surface area contributed by atoms with Crippen LogP contribution in [0.4, 0.5) is 36.3 Å². The summed E-state index contributed by atoms with van der Waals surface area (Å²) in [5, 5.41) is 13.7. The lowest BCUT2D eigenvalue weighted by Gasteiger charge is -2.28. The van der Waals surface area contributed by atoms with E-state index in [2.05, 4.69) is 25.5 Å². The molecule has 1 aliphatic heterocycles. The number of morpholine rings is 1. The SMILES string of the molecule is O=C(O)CNc1nc(Nc2ccc(N3CCOCC3)cc2)cc(C(F)(F)F)n1. The van der Waals surface area contributed by atoms with Gasteiger partial charge in [0, 0.05) is 30.5 Å². The number of benzene rings is 1. The van der Waals surface area contributed by atoms with Crippen molar-refractivity contribution in [3.8, 4) is 0 Å². The van der Waals surface area contributed by atoms with E-state index >= 15 is 0 Å². The molecule has 0 saturated carbocycles.